The fourth-order valence-corrected chi connectivity index (χ4v) is 8.91. The molecule has 0 aromatic heterocycles. The molecule has 16 heavy (non-hydrogen) atoms. The molecule has 0 rings (SSSR count). The third kappa shape index (κ3) is 8.93. The van der Waals surface area contributed by atoms with Gasteiger partial charge in [-0.15, -0.1) is 0 Å². The molecule has 104 valence electrons. The van der Waals surface area contributed by atoms with Crippen molar-refractivity contribution in [3.8, 4) is 0 Å². The molecule has 6 heteroatoms. The molecule has 0 spiro atoms. The van der Waals surface area contributed by atoms with E-state index < -0.39 is 18.0 Å². The van der Waals surface area contributed by atoms with Gasteiger partial charge in [-0.05, 0) is 41.5 Å². The summed E-state index contributed by atoms with van der Waals surface area (Å²) in [6, 6.07) is 0. The van der Waals surface area contributed by atoms with E-state index in [1.54, 1.807) is 0 Å². The second kappa shape index (κ2) is 6.68. The van der Waals surface area contributed by atoms with Gasteiger partial charge in [0.15, 0.2) is 5.49 Å². The van der Waals surface area contributed by atoms with Crippen LogP contribution in [0.15, 0.2) is 0 Å². The van der Waals surface area contributed by atoms with Crippen LogP contribution >= 0.6 is 7.92 Å². The van der Waals surface area contributed by atoms with Gasteiger partial charge in [0.2, 0.25) is 0 Å². The Balaban J connectivity index is -0.000000845. The summed E-state index contributed by atoms with van der Waals surface area (Å²) in [5, 5.41) is -0.0581. The van der Waals surface area contributed by atoms with E-state index in [1.807, 2.05) is 41.5 Å². The molecule has 0 bridgehead atoms. The molecule has 0 fully saturated rings. The first kappa shape index (κ1) is 22.1. The van der Waals surface area contributed by atoms with Crippen LogP contribution in [0.3, 0.4) is 0 Å². The number of hydrogen-bond donors (Lipinski definition) is 1. The van der Waals surface area contributed by atoms with E-state index in [-0.39, 0.29) is 39.7 Å². The second-order valence-electron chi connectivity index (χ2n) is 5.70. The molecule has 1 N–H and O–H groups in total. The van der Waals surface area contributed by atoms with Gasteiger partial charge in [-0.2, -0.15) is 8.42 Å². The summed E-state index contributed by atoms with van der Waals surface area (Å²) in [5.41, 5.74) is -0.0648. The van der Waals surface area contributed by atoms with Crippen LogP contribution in [0.5, 0.6) is 0 Å². The summed E-state index contributed by atoms with van der Waals surface area (Å²) < 4.78 is 30.7. The first-order valence-corrected chi connectivity index (χ1v) is 7.97. The van der Waals surface area contributed by atoms with Gasteiger partial charge >= 0.3 is 0 Å². The maximum absolute atomic E-state index is 10.9. The molecule has 0 aliphatic heterocycles. The topological polar surface area (TPSA) is 54.4 Å². The third-order valence-corrected chi connectivity index (χ3v) is 8.37. The van der Waals surface area contributed by atoms with Crippen molar-refractivity contribution >= 4 is 18.0 Å². The van der Waals surface area contributed by atoms with E-state index in [9.17, 15) is 8.42 Å². The fraction of sp³-hybridized carbons (Fsp3) is 0.900. The van der Waals surface area contributed by atoms with E-state index in [0.29, 0.717) is 0 Å². The van der Waals surface area contributed by atoms with Crippen molar-refractivity contribution in [1.82, 2.24) is 0 Å². The molecule has 0 saturated carbocycles. The standard InChI is InChI=1S/C9H21O3PS.CH3.Ni/c1-8(2,3)13(9(4,5)6)7-14(10,11)12;;/h7H2,1-6H3,(H,10,11,12);1H3;/q;-1;/p+1. The van der Waals surface area contributed by atoms with Crippen molar-refractivity contribution in [3.05, 3.63) is 7.43 Å². The molecule has 0 aliphatic rings. The van der Waals surface area contributed by atoms with E-state index in [0.717, 1.165) is 0 Å². The summed E-state index contributed by atoms with van der Waals surface area (Å²) in [5.74, 6) is 0. The predicted molar refractivity (Wildman–Crippen MR) is 70.7 cm³/mol. The molecule has 0 aromatic rings. The first-order chi connectivity index (χ1) is 5.84. The smallest absolute Gasteiger partial charge is 0.299 e. The van der Waals surface area contributed by atoms with E-state index in [2.05, 4.69) is 0 Å². The molecular weight excluding hydrogens is 290 g/mol. The zero-order valence-electron chi connectivity index (χ0n) is 11.2. The molecule has 0 atom stereocenters. The minimum atomic E-state index is -3.84. The molecule has 3 nitrogen and oxygen atoms in total. The minimum Gasteiger partial charge on any atom is -0.358 e. The Kier molecular flexibility index (Phi) is 9.21. The van der Waals surface area contributed by atoms with Gasteiger partial charge in [0.25, 0.3) is 10.1 Å². The largest absolute Gasteiger partial charge is 0.358 e. The van der Waals surface area contributed by atoms with Gasteiger partial charge in [-0.3, -0.25) is 4.55 Å². The first-order valence-electron chi connectivity index (χ1n) is 4.66. The molecule has 0 aromatic carbocycles. The molecular formula is C10H25NiO3PS. The Bertz CT molecular complexity index is 274. The van der Waals surface area contributed by atoms with Crippen LogP contribution < -0.4 is 0 Å². The Hall–Kier alpha value is 0.834. The van der Waals surface area contributed by atoms with Gasteiger partial charge in [0.05, 0.1) is 10.3 Å². The van der Waals surface area contributed by atoms with Crippen molar-refractivity contribution in [2.45, 2.75) is 51.9 Å². The predicted octanol–water partition coefficient (Wildman–Crippen LogP) is 3.09. The van der Waals surface area contributed by atoms with E-state index >= 15 is 0 Å². The summed E-state index contributed by atoms with van der Waals surface area (Å²) in [7, 11) is -5.02. The van der Waals surface area contributed by atoms with E-state index in [4.69, 9.17) is 4.55 Å². The SMILES string of the molecule is CC(C)(C)[PH+](CS(=O)(=O)O)C(C)(C)C.[CH3-].[Ni]. The minimum absolute atomic E-state index is 0. The van der Waals surface area contributed by atoms with Crippen molar-refractivity contribution < 1.29 is 29.5 Å². The van der Waals surface area contributed by atoms with Crippen LogP contribution in [0.1, 0.15) is 41.5 Å². The molecule has 0 radical (unpaired) electrons. The summed E-state index contributed by atoms with van der Waals surface area (Å²) in [4.78, 5) is 0. The average molecular weight is 315 g/mol. The van der Waals surface area contributed by atoms with Crippen molar-refractivity contribution in [1.29, 1.82) is 0 Å². The number of rotatable bonds is 2. The zero-order valence-corrected chi connectivity index (χ0v) is 14.0. The normalized spacial score (nSPS) is 13.0. The Morgan fingerprint density at radius 1 is 1.00 bits per heavy atom. The van der Waals surface area contributed by atoms with Crippen LogP contribution in [-0.2, 0) is 26.6 Å². The van der Waals surface area contributed by atoms with Crippen LogP contribution in [0, 0.1) is 7.43 Å². The van der Waals surface area contributed by atoms with Crippen molar-refractivity contribution in [2.75, 3.05) is 5.49 Å². The van der Waals surface area contributed by atoms with Crippen LogP contribution in [0.25, 0.3) is 0 Å². The molecule has 0 aliphatic carbocycles. The van der Waals surface area contributed by atoms with Crippen molar-refractivity contribution in [3.63, 3.8) is 0 Å². The van der Waals surface area contributed by atoms with Gasteiger partial charge < -0.3 is 7.43 Å². The third-order valence-electron chi connectivity index (χ3n) is 2.14. The van der Waals surface area contributed by atoms with Crippen LogP contribution in [0.4, 0.5) is 0 Å². The van der Waals surface area contributed by atoms with Crippen LogP contribution in [0.2, 0.25) is 0 Å². The zero-order chi connectivity index (χ0) is 11.8. The maximum Gasteiger partial charge on any atom is 0.299 e. The Morgan fingerprint density at radius 3 is 1.31 bits per heavy atom. The van der Waals surface area contributed by atoms with Gasteiger partial charge in [-0.25, -0.2) is 0 Å². The molecule has 0 heterocycles. The van der Waals surface area contributed by atoms with Crippen LogP contribution in [-0.4, -0.2) is 28.8 Å². The molecule has 0 unspecified atom stereocenters. The molecule has 0 saturated heterocycles. The number of hydrogen-bond acceptors (Lipinski definition) is 2. The maximum atomic E-state index is 10.9. The van der Waals surface area contributed by atoms with Gasteiger partial charge in [0, 0.05) is 24.4 Å². The van der Waals surface area contributed by atoms with E-state index in [1.165, 1.54) is 0 Å². The van der Waals surface area contributed by atoms with Gasteiger partial charge in [0.1, 0.15) is 0 Å². The Morgan fingerprint density at radius 2 is 1.25 bits per heavy atom. The van der Waals surface area contributed by atoms with Crippen molar-refractivity contribution in [2.24, 2.45) is 0 Å². The molecule has 0 amide bonds. The summed E-state index contributed by atoms with van der Waals surface area (Å²) >= 11 is 0. The monoisotopic (exact) mass is 314 g/mol. The summed E-state index contributed by atoms with van der Waals surface area (Å²) in [6.45, 7) is 12.2. The summed E-state index contributed by atoms with van der Waals surface area (Å²) in [6.07, 6.45) is 0. The average Bonchev–Trinajstić information content (AvgIpc) is 1.75. The van der Waals surface area contributed by atoms with Gasteiger partial charge in [-0.1, -0.05) is 0 Å². The fourth-order valence-electron chi connectivity index (χ4n) is 1.74. The second-order valence-corrected chi connectivity index (χ2v) is 12.0. The quantitative estimate of drug-likeness (QED) is 0.369. The Labute approximate surface area is 112 Å².